The lowest BCUT2D eigenvalue weighted by atomic mass is 10.1. The Kier molecular flexibility index (Phi) is 3.98. The third-order valence-corrected chi connectivity index (χ3v) is 5.90. The lowest BCUT2D eigenvalue weighted by Gasteiger charge is -2.07. The number of para-hydroxylation sites is 1. The SMILES string of the molecule is O=C(CC1Sc2ccccc2S1)c1ccccc1[N+](=O)[O-]. The van der Waals surface area contributed by atoms with Crippen LogP contribution in [0.3, 0.4) is 0 Å². The van der Waals surface area contributed by atoms with Gasteiger partial charge in [0.05, 0.1) is 15.1 Å². The Labute approximate surface area is 130 Å². The summed E-state index contributed by atoms with van der Waals surface area (Å²) in [5.74, 6) is -0.180. The Morgan fingerprint density at radius 3 is 2.24 bits per heavy atom. The molecule has 0 unspecified atom stereocenters. The number of nitro benzene ring substituents is 1. The zero-order valence-electron chi connectivity index (χ0n) is 10.9. The Hall–Kier alpha value is -1.79. The van der Waals surface area contributed by atoms with Gasteiger partial charge in [-0.2, -0.15) is 0 Å². The van der Waals surface area contributed by atoms with E-state index in [9.17, 15) is 14.9 Å². The number of nitrogens with zero attached hydrogens (tertiary/aromatic N) is 1. The first-order valence-corrected chi connectivity index (χ1v) is 8.10. The number of fused-ring (bicyclic) bond motifs is 1. The van der Waals surface area contributed by atoms with Gasteiger partial charge in [0.1, 0.15) is 0 Å². The molecule has 0 aromatic heterocycles. The molecule has 0 fully saturated rings. The Morgan fingerprint density at radius 2 is 1.62 bits per heavy atom. The average molecular weight is 317 g/mol. The zero-order valence-corrected chi connectivity index (χ0v) is 12.5. The van der Waals surface area contributed by atoms with Crippen LogP contribution in [0.4, 0.5) is 5.69 Å². The van der Waals surface area contributed by atoms with Gasteiger partial charge >= 0.3 is 0 Å². The fourth-order valence-electron chi connectivity index (χ4n) is 2.17. The van der Waals surface area contributed by atoms with Gasteiger partial charge in [0.2, 0.25) is 0 Å². The summed E-state index contributed by atoms with van der Waals surface area (Å²) in [6, 6.07) is 14.1. The summed E-state index contributed by atoms with van der Waals surface area (Å²) in [6.07, 6.45) is 0.287. The molecule has 6 heteroatoms. The minimum atomic E-state index is -0.503. The summed E-state index contributed by atoms with van der Waals surface area (Å²) in [6.45, 7) is 0. The Balaban J connectivity index is 1.76. The van der Waals surface area contributed by atoms with Gasteiger partial charge < -0.3 is 0 Å². The molecule has 106 valence electrons. The van der Waals surface area contributed by atoms with E-state index in [0.717, 1.165) is 0 Å². The van der Waals surface area contributed by atoms with E-state index in [1.165, 1.54) is 21.9 Å². The van der Waals surface area contributed by atoms with Crippen molar-refractivity contribution in [1.82, 2.24) is 0 Å². The summed E-state index contributed by atoms with van der Waals surface area (Å²) < 4.78 is 0.0784. The van der Waals surface area contributed by atoms with Crippen LogP contribution in [0.1, 0.15) is 16.8 Å². The lowest BCUT2D eigenvalue weighted by molar-refractivity contribution is -0.385. The average Bonchev–Trinajstić information content (AvgIpc) is 2.89. The standard InChI is InChI=1S/C15H11NO3S2/c17-12(10-5-1-2-6-11(10)16(18)19)9-15-20-13-7-3-4-8-14(13)21-15/h1-8,15H,9H2. The molecule has 3 rings (SSSR count). The molecule has 0 spiro atoms. The highest BCUT2D eigenvalue weighted by Crippen LogP contribution is 2.49. The Morgan fingerprint density at radius 1 is 1.05 bits per heavy atom. The van der Waals surface area contributed by atoms with Crippen molar-refractivity contribution in [3.63, 3.8) is 0 Å². The number of hydrogen-bond donors (Lipinski definition) is 0. The van der Waals surface area contributed by atoms with Crippen molar-refractivity contribution in [3.05, 3.63) is 64.2 Å². The van der Waals surface area contributed by atoms with Gasteiger partial charge in [-0.25, -0.2) is 0 Å². The van der Waals surface area contributed by atoms with Crippen molar-refractivity contribution in [2.75, 3.05) is 0 Å². The van der Waals surface area contributed by atoms with E-state index in [1.807, 2.05) is 24.3 Å². The number of nitro groups is 1. The summed E-state index contributed by atoms with van der Waals surface area (Å²) in [7, 11) is 0. The normalized spacial score (nSPS) is 13.9. The topological polar surface area (TPSA) is 60.2 Å². The first-order valence-electron chi connectivity index (χ1n) is 6.34. The van der Waals surface area contributed by atoms with Crippen LogP contribution in [0, 0.1) is 10.1 Å². The van der Waals surface area contributed by atoms with Gasteiger partial charge in [0, 0.05) is 22.3 Å². The molecule has 1 aliphatic rings. The highest BCUT2D eigenvalue weighted by molar-refractivity contribution is 8.19. The van der Waals surface area contributed by atoms with Crippen LogP contribution in [0.2, 0.25) is 0 Å². The Bertz CT molecular complexity index is 693. The van der Waals surface area contributed by atoms with Crippen molar-refractivity contribution in [1.29, 1.82) is 0 Å². The van der Waals surface area contributed by atoms with E-state index >= 15 is 0 Å². The van der Waals surface area contributed by atoms with Crippen molar-refractivity contribution in [3.8, 4) is 0 Å². The molecular weight excluding hydrogens is 306 g/mol. The number of carbonyl (C=O) groups is 1. The maximum absolute atomic E-state index is 12.3. The molecule has 1 heterocycles. The molecule has 1 aliphatic heterocycles. The fraction of sp³-hybridized carbons (Fsp3) is 0.133. The molecule has 0 radical (unpaired) electrons. The van der Waals surface area contributed by atoms with Crippen molar-refractivity contribution >= 4 is 35.0 Å². The van der Waals surface area contributed by atoms with Gasteiger partial charge in [0.15, 0.2) is 5.78 Å². The van der Waals surface area contributed by atoms with E-state index in [-0.39, 0.29) is 28.0 Å². The number of hydrogen-bond acceptors (Lipinski definition) is 5. The molecule has 0 aliphatic carbocycles. The van der Waals surface area contributed by atoms with Gasteiger partial charge in [-0.05, 0) is 18.2 Å². The van der Waals surface area contributed by atoms with Crippen LogP contribution < -0.4 is 0 Å². The number of benzene rings is 2. The van der Waals surface area contributed by atoms with Crippen LogP contribution in [0.25, 0.3) is 0 Å². The fourth-order valence-corrected chi connectivity index (χ4v) is 4.99. The minimum absolute atomic E-state index is 0.0784. The molecule has 2 aromatic rings. The van der Waals surface area contributed by atoms with Crippen LogP contribution in [-0.4, -0.2) is 15.3 Å². The second-order valence-corrected chi connectivity index (χ2v) is 7.30. The predicted octanol–water partition coefficient (Wildman–Crippen LogP) is 4.39. The molecule has 0 atom stereocenters. The molecule has 21 heavy (non-hydrogen) atoms. The van der Waals surface area contributed by atoms with Crippen LogP contribution in [-0.2, 0) is 0 Å². The summed E-state index contributed by atoms with van der Waals surface area (Å²) in [5.41, 5.74) is 0.0765. The van der Waals surface area contributed by atoms with E-state index in [1.54, 1.807) is 35.7 Å². The van der Waals surface area contributed by atoms with Crippen LogP contribution >= 0.6 is 23.5 Å². The quantitative estimate of drug-likeness (QED) is 0.475. The first kappa shape index (κ1) is 14.2. The number of carbonyl (C=O) groups excluding carboxylic acids is 1. The molecule has 0 amide bonds. The first-order chi connectivity index (χ1) is 10.1. The minimum Gasteiger partial charge on any atom is -0.294 e. The van der Waals surface area contributed by atoms with E-state index in [0.29, 0.717) is 0 Å². The maximum atomic E-state index is 12.3. The molecule has 0 N–H and O–H groups in total. The van der Waals surface area contributed by atoms with E-state index in [2.05, 4.69) is 0 Å². The zero-order chi connectivity index (χ0) is 14.8. The van der Waals surface area contributed by atoms with Crippen LogP contribution in [0.5, 0.6) is 0 Å². The second kappa shape index (κ2) is 5.91. The molecule has 2 aromatic carbocycles. The molecule has 0 saturated carbocycles. The predicted molar refractivity (Wildman–Crippen MR) is 84.0 cm³/mol. The van der Waals surface area contributed by atoms with Gasteiger partial charge in [-0.1, -0.05) is 24.3 Å². The second-order valence-electron chi connectivity index (χ2n) is 4.51. The van der Waals surface area contributed by atoms with Crippen LogP contribution in [0.15, 0.2) is 58.3 Å². The van der Waals surface area contributed by atoms with Gasteiger partial charge in [-0.3, -0.25) is 14.9 Å². The smallest absolute Gasteiger partial charge is 0.280 e. The highest BCUT2D eigenvalue weighted by Gasteiger charge is 2.27. The molecule has 0 bridgehead atoms. The molecule has 4 nitrogen and oxygen atoms in total. The largest absolute Gasteiger partial charge is 0.294 e. The summed E-state index contributed by atoms with van der Waals surface area (Å²) in [5, 5.41) is 11.0. The summed E-state index contributed by atoms with van der Waals surface area (Å²) >= 11 is 3.29. The van der Waals surface area contributed by atoms with Crippen molar-refractivity contribution < 1.29 is 9.72 Å². The van der Waals surface area contributed by atoms with E-state index < -0.39 is 4.92 Å². The molecule has 0 saturated heterocycles. The third-order valence-electron chi connectivity index (χ3n) is 3.12. The number of ketones is 1. The number of thioether (sulfide) groups is 2. The van der Waals surface area contributed by atoms with Gasteiger partial charge in [-0.15, -0.1) is 23.5 Å². The van der Waals surface area contributed by atoms with Gasteiger partial charge in [0.25, 0.3) is 5.69 Å². The third kappa shape index (κ3) is 2.96. The molecular formula is C15H11NO3S2. The van der Waals surface area contributed by atoms with E-state index in [4.69, 9.17) is 0 Å². The monoisotopic (exact) mass is 317 g/mol. The maximum Gasteiger partial charge on any atom is 0.280 e. The van der Waals surface area contributed by atoms with Crippen molar-refractivity contribution in [2.24, 2.45) is 0 Å². The lowest BCUT2D eigenvalue weighted by Crippen LogP contribution is -2.08. The highest BCUT2D eigenvalue weighted by atomic mass is 32.2. The van der Waals surface area contributed by atoms with Crippen molar-refractivity contribution in [2.45, 2.75) is 20.8 Å². The number of Topliss-reactive ketones (excluding diaryl/α,β-unsaturated/α-hetero) is 1. The summed E-state index contributed by atoms with van der Waals surface area (Å²) in [4.78, 5) is 25.2. The number of rotatable bonds is 4.